The van der Waals surface area contributed by atoms with Crippen molar-refractivity contribution in [1.29, 1.82) is 0 Å². The van der Waals surface area contributed by atoms with Crippen molar-refractivity contribution in [3.05, 3.63) is 59.0 Å². The summed E-state index contributed by atoms with van der Waals surface area (Å²) in [5, 5.41) is 23.1. The molecule has 3 atom stereocenters. The van der Waals surface area contributed by atoms with Gasteiger partial charge >= 0.3 is 0 Å². The largest absolute Gasteiger partial charge is 0.507 e. The molecule has 2 fully saturated rings. The number of pyridine rings is 1. The van der Waals surface area contributed by atoms with E-state index in [1.54, 1.807) is 25.4 Å². The van der Waals surface area contributed by atoms with Gasteiger partial charge in [0.15, 0.2) is 5.82 Å². The van der Waals surface area contributed by atoms with Gasteiger partial charge in [0.25, 0.3) is 5.56 Å². The van der Waals surface area contributed by atoms with Crippen LogP contribution >= 0.6 is 0 Å². The Morgan fingerprint density at radius 3 is 2.42 bits per heavy atom. The molecule has 2 N–H and O–H groups in total. The normalized spacial score (nSPS) is 22.5. The topological polar surface area (TPSA) is 83.3 Å². The maximum absolute atomic E-state index is 11.9. The Balaban J connectivity index is 1.35. The summed E-state index contributed by atoms with van der Waals surface area (Å²) in [4.78, 5) is 14.1. The number of fused-ring (bicyclic) bond motifs is 2. The van der Waals surface area contributed by atoms with E-state index in [2.05, 4.69) is 27.5 Å². The van der Waals surface area contributed by atoms with E-state index in [9.17, 15) is 9.90 Å². The van der Waals surface area contributed by atoms with Crippen molar-refractivity contribution in [3.8, 4) is 28.1 Å². The fraction of sp³-hybridized carbons (Fsp3) is 0.375. The maximum atomic E-state index is 11.9. The van der Waals surface area contributed by atoms with Gasteiger partial charge in [0.2, 0.25) is 0 Å². The number of nitrogens with zero attached hydrogens (tertiary/aromatic N) is 4. The molecule has 2 aromatic heterocycles. The maximum Gasteiger partial charge on any atom is 0.250 e. The molecule has 0 amide bonds. The number of phenols is 1. The Morgan fingerprint density at radius 1 is 1.03 bits per heavy atom. The number of aryl methyl sites for hydroxylation is 1. The van der Waals surface area contributed by atoms with Crippen molar-refractivity contribution in [1.82, 2.24) is 20.1 Å². The summed E-state index contributed by atoms with van der Waals surface area (Å²) in [5.74, 6) is 0.967. The van der Waals surface area contributed by atoms with Crippen molar-refractivity contribution in [3.63, 3.8) is 0 Å². The zero-order valence-corrected chi connectivity index (χ0v) is 17.8. The lowest BCUT2D eigenvalue weighted by Crippen LogP contribution is -2.47. The van der Waals surface area contributed by atoms with Crippen LogP contribution in [0.1, 0.15) is 25.7 Å². The van der Waals surface area contributed by atoms with Gasteiger partial charge in [-0.2, -0.15) is 0 Å². The van der Waals surface area contributed by atoms with Crippen LogP contribution in [0.25, 0.3) is 22.4 Å². The zero-order valence-electron chi connectivity index (χ0n) is 17.8. The number of aromatic hydroxyl groups is 1. The van der Waals surface area contributed by atoms with E-state index >= 15 is 0 Å². The highest BCUT2D eigenvalue weighted by atomic mass is 16.3. The molecule has 2 aliphatic rings. The summed E-state index contributed by atoms with van der Waals surface area (Å²) >= 11 is 0. The van der Waals surface area contributed by atoms with Crippen molar-refractivity contribution < 1.29 is 5.11 Å². The highest BCUT2D eigenvalue weighted by molar-refractivity contribution is 5.74. The number of hydrogen-bond donors (Lipinski definition) is 2. The van der Waals surface area contributed by atoms with Gasteiger partial charge in [-0.3, -0.25) is 4.79 Å². The summed E-state index contributed by atoms with van der Waals surface area (Å²) in [7, 11) is 3.80. The van der Waals surface area contributed by atoms with Crippen LogP contribution in [-0.2, 0) is 7.05 Å². The second kappa shape index (κ2) is 7.81. The van der Waals surface area contributed by atoms with Crippen LogP contribution in [0.2, 0.25) is 0 Å². The van der Waals surface area contributed by atoms with Crippen LogP contribution < -0.4 is 15.8 Å². The van der Waals surface area contributed by atoms with E-state index in [4.69, 9.17) is 0 Å². The lowest BCUT2D eigenvalue weighted by molar-refractivity contribution is 0.353. The van der Waals surface area contributed by atoms with E-state index in [0.29, 0.717) is 29.4 Å². The number of aromatic nitrogens is 3. The van der Waals surface area contributed by atoms with E-state index in [0.717, 1.165) is 29.8 Å². The molecule has 1 aromatic carbocycles. The van der Waals surface area contributed by atoms with Gasteiger partial charge in [-0.1, -0.05) is 6.07 Å². The molecule has 31 heavy (non-hydrogen) atoms. The number of benzene rings is 1. The minimum absolute atomic E-state index is 0.0894. The number of phenolic OH excluding ortho intramolecular Hbond substituents is 1. The Hall–Kier alpha value is -3.19. The van der Waals surface area contributed by atoms with Crippen LogP contribution in [-0.4, -0.2) is 45.0 Å². The van der Waals surface area contributed by atoms with Gasteiger partial charge < -0.3 is 19.9 Å². The Labute approximate surface area is 181 Å². The lowest BCUT2D eigenvalue weighted by atomic mass is 9.98. The summed E-state index contributed by atoms with van der Waals surface area (Å²) < 4.78 is 1.51. The van der Waals surface area contributed by atoms with Crippen molar-refractivity contribution in [2.45, 2.75) is 43.8 Å². The number of nitrogens with one attached hydrogen (secondary N) is 1. The Kier molecular flexibility index (Phi) is 4.98. The van der Waals surface area contributed by atoms with Gasteiger partial charge in [0.1, 0.15) is 5.75 Å². The van der Waals surface area contributed by atoms with E-state index in [-0.39, 0.29) is 11.3 Å². The molecule has 2 bridgehead atoms. The number of anilines is 1. The van der Waals surface area contributed by atoms with Crippen molar-refractivity contribution >= 4 is 5.82 Å². The smallest absolute Gasteiger partial charge is 0.250 e. The van der Waals surface area contributed by atoms with E-state index in [1.165, 1.54) is 17.4 Å². The molecule has 7 nitrogen and oxygen atoms in total. The SMILES string of the molecule is CN(c1ccc(-c2ccc(-c3ccn(C)c(=O)c3)cc2O)nn1)[C@H]1CC2CC[C@H](C1)N2. The van der Waals surface area contributed by atoms with E-state index < -0.39 is 0 Å². The fourth-order valence-corrected chi connectivity index (χ4v) is 4.84. The quantitative estimate of drug-likeness (QED) is 0.679. The molecule has 0 aliphatic carbocycles. The monoisotopic (exact) mass is 417 g/mol. The van der Waals surface area contributed by atoms with Gasteiger partial charge in [0, 0.05) is 50.0 Å². The first-order chi connectivity index (χ1) is 15.0. The van der Waals surface area contributed by atoms with Crippen molar-refractivity contribution in [2.24, 2.45) is 7.05 Å². The molecule has 5 rings (SSSR count). The zero-order chi connectivity index (χ0) is 21.5. The molecule has 4 heterocycles. The standard InChI is InChI=1S/C24H27N5O2/c1-28-10-9-16(12-24(28)31)15-3-6-20(22(30)11-15)21-7-8-23(27-26-21)29(2)19-13-17-4-5-18(14-19)25-17/h3,6-12,17-19,25,30H,4-5,13-14H2,1-2H3/t17-,18?,19-/m1/s1. The van der Waals surface area contributed by atoms with E-state index in [1.807, 2.05) is 30.3 Å². The summed E-state index contributed by atoms with van der Waals surface area (Å²) in [6.45, 7) is 0. The van der Waals surface area contributed by atoms with Crippen LogP contribution in [0.15, 0.2) is 53.5 Å². The lowest BCUT2D eigenvalue weighted by Gasteiger charge is -2.36. The average Bonchev–Trinajstić information content (AvgIpc) is 3.12. The third-order valence-electron chi connectivity index (χ3n) is 6.72. The van der Waals surface area contributed by atoms with Gasteiger partial charge in [0.05, 0.1) is 5.69 Å². The highest BCUT2D eigenvalue weighted by Crippen LogP contribution is 2.34. The second-order valence-corrected chi connectivity index (χ2v) is 8.75. The molecule has 160 valence electrons. The molecule has 0 saturated carbocycles. The molecule has 0 radical (unpaired) electrons. The molecule has 3 aromatic rings. The Morgan fingerprint density at radius 2 is 1.77 bits per heavy atom. The van der Waals surface area contributed by atoms with Gasteiger partial charge in [-0.25, -0.2) is 0 Å². The van der Waals surface area contributed by atoms with Crippen LogP contribution in [0.4, 0.5) is 5.82 Å². The fourth-order valence-electron chi connectivity index (χ4n) is 4.84. The molecule has 0 spiro atoms. The molecular formula is C24H27N5O2. The number of piperidine rings is 1. The number of rotatable bonds is 4. The predicted molar refractivity (Wildman–Crippen MR) is 121 cm³/mol. The second-order valence-electron chi connectivity index (χ2n) is 8.75. The first-order valence-electron chi connectivity index (χ1n) is 10.8. The van der Waals surface area contributed by atoms with Gasteiger partial charge in [-0.05, 0) is 67.1 Å². The first-order valence-corrected chi connectivity index (χ1v) is 10.8. The van der Waals surface area contributed by atoms with Gasteiger partial charge in [-0.15, -0.1) is 10.2 Å². The van der Waals surface area contributed by atoms with Crippen LogP contribution in [0.5, 0.6) is 5.75 Å². The Bertz CT molecular complexity index is 1150. The first kappa shape index (κ1) is 19.8. The minimum Gasteiger partial charge on any atom is -0.507 e. The summed E-state index contributed by atoms with van der Waals surface area (Å²) in [5.41, 5.74) is 2.70. The average molecular weight is 418 g/mol. The van der Waals surface area contributed by atoms with Crippen LogP contribution in [0.3, 0.4) is 0 Å². The third-order valence-corrected chi connectivity index (χ3v) is 6.72. The molecule has 7 heteroatoms. The predicted octanol–water partition coefficient (Wildman–Crippen LogP) is 2.93. The molecule has 2 aliphatic heterocycles. The molecular weight excluding hydrogens is 390 g/mol. The molecule has 2 saturated heterocycles. The minimum atomic E-state index is -0.0894. The van der Waals surface area contributed by atoms with Crippen LogP contribution in [0, 0.1) is 0 Å². The van der Waals surface area contributed by atoms with Crippen molar-refractivity contribution in [2.75, 3.05) is 11.9 Å². The third kappa shape index (κ3) is 3.81. The highest BCUT2D eigenvalue weighted by Gasteiger charge is 2.35. The molecule has 1 unspecified atom stereocenters. The summed E-state index contributed by atoms with van der Waals surface area (Å²) in [6, 6.07) is 14.4. The number of hydrogen-bond acceptors (Lipinski definition) is 6. The summed E-state index contributed by atoms with van der Waals surface area (Å²) in [6.07, 6.45) is 6.54.